The summed E-state index contributed by atoms with van der Waals surface area (Å²) in [5, 5.41) is 6.38. The Hall–Kier alpha value is 1.98. The second-order valence-electron chi connectivity index (χ2n) is 30.2. The van der Waals surface area contributed by atoms with Crippen LogP contribution in [0.15, 0.2) is 72.8 Å². The molecule has 0 aliphatic carbocycles. The van der Waals surface area contributed by atoms with E-state index in [4.69, 9.17) is 0 Å². The van der Waals surface area contributed by atoms with Gasteiger partial charge in [0.15, 0.2) is 0 Å². The summed E-state index contributed by atoms with van der Waals surface area (Å²) in [5.41, 5.74) is 12.6. The van der Waals surface area contributed by atoms with Gasteiger partial charge in [0.1, 0.15) is 0 Å². The quantitative estimate of drug-likeness (QED) is 0.109. The molecule has 4 aromatic rings. The van der Waals surface area contributed by atoms with Crippen molar-refractivity contribution in [3.63, 3.8) is 0 Å². The molecule has 8 heteroatoms. The molecule has 0 N–H and O–H groups in total. The molecular weight excluding hydrogens is 1550 g/mol. The van der Waals surface area contributed by atoms with Gasteiger partial charge in [-0.1, -0.05) is 281 Å². The summed E-state index contributed by atoms with van der Waals surface area (Å²) in [5.74, 6) is 0. The van der Waals surface area contributed by atoms with Gasteiger partial charge in [0.25, 0.3) is 0 Å². The van der Waals surface area contributed by atoms with Crippen molar-refractivity contribution in [2.24, 2.45) is 0 Å². The van der Waals surface area contributed by atoms with Gasteiger partial charge in [-0.3, -0.25) is 0 Å². The van der Waals surface area contributed by atoms with Gasteiger partial charge < -0.3 is 0 Å². The van der Waals surface area contributed by atoms with Crippen LogP contribution in [-0.2, 0) is 64.8 Å². The van der Waals surface area contributed by atoms with Gasteiger partial charge in [0.05, 0.1) is 0 Å². The Kier molecular flexibility index (Phi) is 27.2. The third-order valence-corrected chi connectivity index (χ3v) is 18.8. The van der Waals surface area contributed by atoms with E-state index in [2.05, 4.69) is 359 Å². The second kappa shape index (κ2) is 27.2. The van der Waals surface area contributed by atoms with Crippen LogP contribution in [0, 0.1) is 0 Å². The molecule has 0 saturated carbocycles. The van der Waals surface area contributed by atoms with Gasteiger partial charge in [-0.2, -0.15) is 0 Å². The fourth-order valence-corrected chi connectivity index (χ4v) is 14.1. The standard InChI is InChI=1S/2C32H51P.4HI.2Pd/c2*1-28(2,3)22-16-23(29(4,5)6)19-26(18-22)33(32(13,14)15)27-20-24(30(7,8)9)17-25(21-27)31(10,11)12;;;;;;/h2*16-21H,1-15H3;4*1H;;/q;;;;;;2*+2/p-4. The van der Waals surface area contributed by atoms with Crippen LogP contribution in [-0.4, -0.2) is 10.3 Å². The molecule has 0 spiro atoms. The van der Waals surface area contributed by atoms with E-state index >= 15 is 0 Å². The molecule has 0 unspecified atom stereocenters. The van der Waals surface area contributed by atoms with Crippen molar-refractivity contribution in [1.29, 1.82) is 0 Å². The van der Waals surface area contributed by atoms with E-state index in [1.807, 2.05) is 0 Å². The number of rotatable bonds is 4. The maximum atomic E-state index is 2.52. The molecule has 0 heterocycles. The predicted octanol–water partition coefficient (Wildman–Crippen LogP) is 21.8. The fourth-order valence-electron chi connectivity index (χ4n) is 8.27. The van der Waals surface area contributed by atoms with Crippen molar-refractivity contribution >= 4 is 115 Å². The molecular formula is C64H102I4P2Pd2. The summed E-state index contributed by atoms with van der Waals surface area (Å²) >= 11 is 9.30. The third-order valence-electron chi connectivity index (χ3n) is 13.0. The topological polar surface area (TPSA) is 0 Å². The van der Waals surface area contributed by atoms with Crippen molar-refractivity contribution in [3.05, 3.63) is 117 Å². The van der Waals surface area contributed by atoms with E-state index in [0.29, 0.717) is 0 Å². The average Bonchev–Trinajstić information content (AvgIpc) is 3.15. The number of benzene rings is 4. The van der Waals surface area contributed by atoms with E-state index in [0.717, 1.165) is 21.5 Å². The van der Waals surface area contributed by atoms with E-state index in [1.165, 1.54) is 65.7 Å². The summed E-state index contributed by atoms with van der Waals surface area (Å²) in [6.45, 7) is 70.8. The van der Waals surface area contributed by atoms with Gasteiger partial charge in [0, 0.05) is 0 Å². The Morgan fingerprint density at radius 1 is 0.222 bits per heavy atom. The third kappa shape index (κ3) is 22.9. The number of hydrogen-bond donors (Lipinski definition) is 0. The normalized spacial score (nSPS) is 13.6. The molecule has 0 nitrogen and oxygen atoms in total. The minimum absolute atomic E-state index is 0.124. The van der Waals surface area contributed by atoms with Crippen LogP contribution in [0.4, 0.5) is 0 Å². The molecule has 0 amide bonds. The Balaban J connectivity index is 0.000000649. The zero-order valence-electron chi connectivity index (χ0n) is 51.0. The first-order chi connectivity index (χ1) is 31.8. The van der Waals surface area contributed by atoms with Crippen molar-refractivity contribution < 1.29 is 21.5 Å². The summed E-state index contributed by atoms with van der Waals surface area (Å²) in [6, 6.07) is 30.0. The van der Waals surface area contributed by atoms with Gasteiger partial charge >= 0.3 is 99.6 Å². The molecule has 0 saturated heterocycles. The molecule has 416 valence electrons. The molecule has 0 aromatic heterocycles. The summed E-state index contributed by atoms with van der Waals surface area (Å²) in [7, 11) is 0.689. The molecule has 0 aliphatic rings. The van der Waals surface area contributed by atoms with Crippen LogP contribution < -0.4 is 21.2 Å². The monoisotopic (exact) mass is 1650 g/mol. The molecule has 0 atom stereocenters. The Bertz CT molecular complexity index is 1900. The van der Waals surface area contributed by atoms with E-state index < -0.39 is 15.8 Å². The van der Waals surface area contributed by atoms with Crippen LogP contribution in [0.3, 0.4) is 0 Å². The van der Waals surface area contributed by atoms with Gasteiger partial charge in [-0.25, -0.2) is 0 Å². The van der Waals surface area contributed by atoms with E-state index in [9.17, 15) is 0 Å². The van der Waals surface area contributed by atoms with Crippen LogP contribution in [0.25, 0.3) is 0 Å². The van der Waals surface area contributed by atoms with E-state index in [1.54, 1.807) is 0 Å². The Labute approximate surface area is 508 Å². The SMILES string of the molecule is CC(C)(C)c1cc(P(c2cc(C(C)(C)C)cc(C(C)(C)C)c2)C(C)(C)C)cc(C(C)(C)C)c1.CC(C)(C)c1cc(P(c2cc(C(C)(C)C)cc(C(C)(C)C)c2)C(C)(C)C)cc(C(C)(C)C)c1.[I][Pd][I].[I][Pd][I]. The molecule has 72 heavy (non-hydrogen) atoms. The van der Waals surface area contributed by atoms with Gasteiger partial charge in [-0.05, 0) is 135 Å². The van der Waals surface area contributed by atoms with Gasteiger partial charge in [-0.15, -0.1) is 0 Å². The van der Waals surface area contributed by atoms with Crippen LogP contribution in [0.1, 0.15) is 252 Å². The summed E-state index contributed by atoms with van der Waals surface area (Å²) in [6.07, 6.45) is 0. The molecule has 0 radical (unpaired) electrons. The summed E-state index contributed by atoms with van der Waals surface area (Å²) < 4.78 is 0. The Morgan fingerprint density at radius 3 is 0.389 bits per heavy atom. The maximum absolute atomic E-state index is 2.52. The zero-order valence-corrected chi connectivity index (χ0v) is 64.5. The van der Waals surface area contributed by atoms with Crippen molar-refractivity contribution in [2.75, 3.05) is 0 Å². The summed E-state index contributed by atoms with van der Waals surface area (Å²) in [4.78, 5) is 0. The zero-order chi connectivity index (χ0) is 57.0. The molecule has 4 rings (SSSR count). The molecule has 0 fully saturated rings. The fraction of sp³-hybridized carbons (Fsp3) is 0.625. The first-order valence-corrected chi connectivity index (χ1v) is 46.9. The second-order valence-corrected chi connectivity index (χ2v) is 60.2. The number of halogens is 4. The van der Waals surface area contributed by atoms with Crippen molar-refractivity contribution in [2.45, 2.75) is 261 Å². The van der Waals surface area contributed by atoms with Crippen LogP contribution >= 0.6 is 93.9 Å². The van der Waals surface area contributed by atoms with Gasteiger partial charge in [0.2, 0.25) is 0 Å². The first-order valence-electron chi connectivity index (χ1n) is 25.7. The van der Waals surface area contributed by atoms with Crippen LogP contribution in [0.2, 0.25) is 0 Å². The predicted molar refractivity (Wildman–Crippen MR) is 363 cm³/mol. The average molecular weight is 1650 g/mol. The minimum atomic E-state index is -0.545. The van der Waals surface area contributed by atoms with Crippen molar-refractivity contribution in [1.82, 2.24) is 0 Å². The Morgan fingerprint density at radius 2 is 0.319 bits per heavy atom. The van der Waals surface area contributed by atoms with E-state index in [-0.39, 0.29) is 53.6 Å². The van der Waals surface area contributed by atoms with Crippen molar-refractivity contribution in [3.8, 4) is 0 Å². The van der Waals surface area contributed by atoms with Crippen LogP contribution in [0.5, 0.6) is 0 Å². The number of hydrogen-bond acceptors (Lipinski definition) is 0. The molecule has 0 aliphatic heterocycles. The molecule has 0 bridgehead atoms. The first kappa shape index (κ1) is 72.0. The molecule has 4 aromatic carbocycles.